The first-order chi connectivity index (χ1) is 8.52. The summed E-state index contributed by atoms with van der Waals surface area (Å²) >= 11 is 0. The lowest BCUT2D eigenvalue weighted by atomic mass is 10.0. The lowest BCUT2D eigenvalue weighted by Crippen LogP contribution is -2.34. The minimum atomic E-state index is -0.989. The van der Waals surface area contributed by atoms with Crippen molar-refractivity contribution in [3.63, 3.8) is 0 Å². The van der Waals surface area contributed by atoms with E-state index in [0.29, 0.717) is 0 Å². The maximum atomic E-state index is 11.2. The zero-order valence-electron chi connectivity index (χ0n) is 10.3. The van der Waals surface area contributed by atoms with Crippen molar-refractivity contribution < 1.29 is 14.7 Å². The first kappa shape index (κ1) is 13.8. The van der Waals surface area contributed by atoms with Crippen molar-refractivity contribution in [3.05, 3.63) is 41.5 Å². The van der Waals surface area contributed by atoms with Crippen LogP contribution in [0.2, 0.25) is 0 Å². The summed E-state index contributed by atoms with van der Waals surface area (Å²) in [5, 5.41) is 13.8. The van der Waals surface area contributed by atoms with E-state index >= 15 is 0 Å². The Labute approximate surface area is 106 Å². The molecule has 3 N–H and O–H groups in total. The van der Waals surface area contributed by atoms with Gasteiger partial charge in [-0.05, 0) is 30.2 Å². The molecule has 0 spiro atoms. The van der Waals surface area contributed by atoms with Gasteiger partial charge in [-0.3, -0.25) is 0 Å². The van der Waals surface area contributed by atoms with Gasteiger partial charge >= 0.3 is 12.0 Å². The molecule has 1 rings (SSSR count). The standard InChI is InChI=1S/C13H16N2O3/c1-9(15-13(18)14-2)11-5-3-4-10(8-11)6-7-12(16)17/h3-9H,1-2H3,(H,16,17)(H2,14,15,18)/b7-6+. The van der Waals surface area contributed by atoms with E-state index in [4.69, 9.17) is 5.11 Å². The Hall–Kier alpha value is -2.30. The molecule has 0 radical (unpaired) electrons. The molecule has 1 aromatic rings. The Morgan fingerprint density at radius 3 is 2.72 bits per heavy atom. The number of aliphatic carboxylic acids is 1. The number of amides is 2. The molecule has 0 heterocycles. The third kappa shape index (κ3) is 4.29. The Bertz CT molecular complexity index is 469. The van der Waals surface area contributed by atoms with Gasteiger partial charge in [0.1, 0.15) is 0 Å². The Balaban J connectivity index is 2.81. The van der Waals surface area contributed by atoms with E-state index < -0.39 is 5.97 Å². The average molecular weight is 248 g/mol. The van der Waals surface area contributed by atoms with Gasteiger partial charge in [0.25, 0.3) is 0 Å². The number of carboxylic acids is 1. The number of carbonyl (C=O) groups excluding carboxylic acids is 1. The monoisotopic (exact) mass is 248 g/mol. The minimum Gasteiger partial charge on any atom is -0.478 e. The highest BCUT2D eigenvalue weighted by atomic mass is 16.4. The predicted molar refractivity (Wildman–Crippen MR) is 69.1 cm³/mol. The number of nitrogens with one attached hydrogen (secondary N) is 2. The third-order valence-corrected chi connectivity index (χ3v) is 2.40. The number of hydrogen-bond donors (Lipinski definition) is 3. The Morgan fingerprint density at radius 2 is 2.11 bits per heavy atom. The van der Waals surface area contributed by atoms with Gasteiger partial charge in [-0.15, -0.1) is 0 Å². The van der Waals surface area contributed by atoms with Gasteiger partial charge in [-0.25, -0.2) is 9.59 Å². The van der Waals surface area contributed by atoms with Crippen molar-refractivity contribution in [1.82, 2.24) is 10.6 Å². The van der Waals surface area contributed by atoms with Crippen LogP contribution in [0.3, 0.4) is 0 Å². The number of carbonyl (C=O) groups is 2. The van der Waals surface area contributed by atoms with Gasteiger partial charge in [0.05, 0.1) is 6.04 Å². The van der Waals surface area contributed by atoms with Crippen LogP contribution in [0, 0.1) is 0 Å². The zero-order chi connectivity index (χ0) is 13.5. The largest absolute Gasteiger partial charge is 0.478 e. The van der Waals surface area contributed by atoms with Crippen LogP contribution >= 0.6 is 0 Å². The van der Waals surface area contributed by atoms with Gasteiger partial charge in [0.15, 0.2) is 0 Å². The van der Waals surface area contributed by atoms with Gasteiger partial charge in [-0.2, -0.15) is 0 Å². The SMILES string of the molecule is CNC(=O)NC(C)c1cccc(/C=C/C(=O)O)c1. The lowest BCUT2D eigenvalue weighted by Gasteiger charge is -2.14. The van der Waals surface area contributed by atoms with E-state index in [0.717, 1.165) is 17.2 Å². The number of carboxylic acid groups (broad SMARTS) is 1. The van der Waals surface area contributed by atoms with E-state index in [9.17, 15) is 9.59 Å². The Kier molecular flexibility index (Phi) is 4.92. The van der Waals surface area contributed by atoms with Gasteiger partial charge in [0.2, 0.25) is 0 Å². The van der Waals surface area contributed by atoms with Crippen LogP contribution in [0.1, 0.15) is 24.1 Å². The summed E-state index contributed by atoms with van der Waals surface area (Å²) in [4.78, 5) is 21.6. The molecule has 1 atom stereocenters. The summed E-state index contributed by atoms with van der Waals surface area (Å²) in [6.45, 7) is 1.86. The normalized spacial score (nSPS) is 12.1. The summed E-state index contributed by atoms with van der Waals surface area (Å²) < 4.78 is 0. The molecule has 0 aliphatic rings. The molecule has 0 saturated carbocycles. The van der Waals surface area contributed by atoms with Crippen molar-refractivity contribution in [2.45, 2.75) is 13.0 Å². The van der Waals surface area contributed by atoms with Gasteiger partial charge in [0, 0.05) is 13.1 Å². The maximum absolute atomic E-state index is 11.2. The van der Waals surface area contributed by atoms with Crippen molar-refractivity contribution in [2.75, 3.05) is 7.05 Å². The molecule has 2 amide bonds. The second kappa shape index (κ2) is 6.44. The third-order valence-electron chi connectivity index (χ3n) is 2.40. The highest BCUT2D eigenvalue weighted by Crippen LogP contribution is 2.15. The number of hydrogen-bond acceptors (Lipinski definition) is 2. The van der Waals surface area contributed by atoms with Crippen LogP contribution in [0.4, 0.5) is 4.79 Å². The molecule has 1 aromatic carbocycles. The highest BCUT2D eigenvalue weighted by molar-refractivity contribution is 5.85. The highest BCUT2D eigenvalue weighted by Gasteiger charge is 2.07. The molecule has 5 nitrogen and oxygen atoms in total. The lowest BCUT2D eigenvalue weighted by molar-refractivity contribution is -0.131. The van der Waals surface area contributed by atoms with E-state index in [1.54, 1.807) is 13.1 Å². The second-order valence-electron chi connectivity index (χ2n) is 3.79. The van der Waals surface area contributed by atoms with Crippen LogP contribution in [0.15, 0.2) is 30.3 Å². The van der Waals surface area contributed by atoms with E-state index in [2.05, 4.69) is 10.6 Å². The second-order valence-corrected chi connectivity index (χ2v) is 3.79. The first-order valence-electron chi connectivity index (χ1n) is 5.52. The smallest absolute Gasteiger partial charge is 0.328 e. The Morgan fingerprint density at radius 1 is 1.39 bits per heavy atom. The van der Waals surface area contributed by atoms with Crippen LogP contribution < -0.4 is 10.6 Å². The fourth-order valence-corrected chi connectivity index (χ4v) is 1.45. The summed E-state index contributed by atoms with van der Waals surface area (Å²) in [6.07, 6.45) is 2.59. The summed E-state index contributed by atoms with van der Waals surface area (Å²) in [5.41, 5.74) is 1.69. The van der Waals surface area contributed by atoms with Gasteiger partial charge in [-0.1, -0.05) is 18.2 Å². The maximum Gasteiger partial charge on any atom is 0.328 e. The van der Waals surface area contributed by atoms with Crippen molar-refractivity contribution in [3.8, 4) is 0 Å². The van der Waals surface area contributed by atoms with Crippen LogP contribution in [0.25, 0.3) is 6.08 Å². The zero-order valence-corrected chi connectivity index (χ0v) is 10.3. The molecule has 18 heavy (non-hydrogen) atoms. The van der Waals surface area contributed by atoms with Crippen LogP contribution in [-0.2, 0) is 4.79 Å². The van der Waals surface area contributed by atoms with Gasteiger partial charge < -0.3 is 15.7 Å². The molecule has 0 aliphatic heterocycles. The summed E-state index contributed by atoms with van der Waals surface area (Å²) in [5.74, 6) is -0.989. The molecular weight excluding hydrogens is 232 g/mol. The average Bonchev–Trinajstić information content (AvgIpc) is 2.36. The number of rotatable bonds is 4. The molecule has 0 fully saturated rings. The molecule has 1 unspecified atom stereocenters. The van der Waals surface area contributed by atoms with E-state index in [-0.39, 0.29) is 12.1 Å². The fraction of sp³-hybridized carbons (Fsp3) is 0.231. The molecule has 0 saturated heterocycles. The topological polar surface area (TPSA) is 78.4 Å². The van der Waals surface area contributed by atoms with Crippen LogP contribution in [0.5, 0.6) is 0 Å². The number of urea groups is 1. The van der Waals surface area contributed by atoms with Crippen LogP contribution in [-0.4, -0.2) is 24.2 Å². The van der Waals surface area contributed by atoms with Crippen molar-refractivity contribution in [1.29, 1.82) is 0 Å². The van der Waals surface area contributed by atoms with Crippen molar-refractivity contribution in [2.24, 2.45) is 0 Å². The minimum absolute atomic E-state index is 0.150. The first-order valence-corrected chi connectivity index (χ1v) is 5.52. The molecule has 5 heteroatoms. The van der Waals surface area contributed by atoms with E-state index in [1.165, 1.54) is 6.08 Å². The number of benzene rings is 1. The molecule has 96 valence electrons. The molecule has 0 aromatic heterocycles. The van der Waals surface area contributed by atoms with Crippen molar-refractivity contribution >= 4 is 18.1 Å². The molecule has 0 bridgehead atoms. The quantitative estimate of drug-likeness (QED) is 0.710. The summed E-state index contributed by atoms with van der Waals surface area (Å²) in [7, 11) is 1.55. The molecule has 0 aliphatic carbocycles. The van der Waals surface area contributed by atoms with E-state index in [1.807, 2.05) is 25.1 Å². The summed E-state index contributed by atoms with van der Waals surface area (Å²) in [6, 6.07) is 6.92. The fourth-order valence-electron chi connectivity index (χ4n) is 1.45. The molecular formula is C13H16N2O3. The predicted octanol–water partition coefficient (Wildman–Crippen LogP) is 1.77.